The van der Waals surface area contributed by atoms with E-state index in [4.69, 9.17) is 0 Å². The Bertz CT molecular complexity index is 945. The number of aliphatic imine (C=N–C) groups is 1. The van der Waals surface area contributed by atoms with Crippen LogP contribution in [0.25, 0.3) is 5.76 Å². The molecule has 0 heterocycles. The van der Waals surface area contributed by atoms with Crippen LogP contribution in [0.3, 0.4) is 0 Å². The molecule has 0 amide bonds. The molecular formula is C20H16F3NO4. The summed E-state index contributed by atoms with van der Waals surface area (Å²) in [5.41, 5.74) is -0.226. The van der Waals surface area contributed by atoms with Gasteiger partial charge in [-0.1, -0.05) is 42.0 Å². The van der Waals surface area contributed by atoms with Crippen molar-refractivity contribution in [2.75, 3.05) is 7.11 Å². The number of methoxy groups -OCH3 is 1. The number of aliphatic hydroxyl groups is 1. The molecule has 0 radical (unpaired) electrons. The second-order valence-corrected chi connectivity index (χ2v) is 5.72. The summed E-state index contributed by atoms with van der Waals surface area (Å²) < 4.78 is 43.6. The van der Waals surface area contributed by atoms with Gasteiger partial charge in [0.2, 0.25) is 0 Å². The first-order valence-electron chi connectivity index (χ1n) is 7.98. The van der Waals surface area contributed by atoms with Crippen molar-refractivity contribution in [3.05, 3.63) is 70.8 Å². The molecule has 0 aromatic heterocycles. The number of carbonyl (C=O) groups is 2. The van der Waals surface area contributed by atoms with Gasteiger partial charge in [-0.05, 0) is 19.1 Å². The fourth-order valence-electron chi connectivity index (χ4n) is 2.25. The monoisotopic (exact) mass is 391 g/mol. The molecule has 146 valence electrons. The standard InChI is InChI=1S/C20H16F3NO4/c1-12-7-9-13(10-8-12)17(25)15(18(26)20(21,22)23)11-24-16-6-4-3-5-14(16)19(27)28-2/h3-11,25H,1-2H3. The molecule has 8 heteroatoms. The topological polar surface area (TPSA) is 76.0 Å². The fraction of sp³-hybridized carbons (Fsp3) is 0.150. The first-order chi connectivity index (χ1) is 13.1. The number of hydrogen-bond acceptors (Lipinski definition) is 5. The van der Waals surface area contributed by atoms with Gasteiger partial charge in [0.1, 0.15) is 5.76 Å². The van der Waals surface area contributed by atoms with Crippen LogP contribution in [0.1, 0.15) is 21.5 Å². The number of hydrogen-bond donors (Lipinski definition) is 1. The van der Waals surface area contributed by atoms with Crippen LogP contribution in [0.2, 0.25) is 0 Å². The molecule has 0 saturated carbocycles. The SMILES string of the molecule is COC(=O)c1ccccc1N=CC(C(=O)C(F)(F)F)=C(O)c1ccc(C)cc1. The molecule has 0 spiro atoms. The van der Waals surface area contributed by atoms with E-state index in [1.165, 1.54) is 36.4 Å². The summed E-state index contributed by atoms with van der Waals surface area (Å²) in [6.45, 7) is 1.76. The number of alkyl halides is 3. The molecule has 0 aliphatic heterocycles. The lowest BCUT2D eigenvalue weighted by molar-refractivity contribution is -0.165. The predicted molar refractivity (Wildman–Crippen MR) is 97.7 cm³/mol. The average Bonchev–Trinajstić information content (AvgIpc) is 2.67. The molecule has 1 N–H and O–H groups in total. The summed E-state index contributed by atoms with van der Waals surface area (Å²) in [4.78, 5) is 27.4. The van der Waals surface area contributed by atoms with Crippen molar-refractivity contribution in [2.45, 2.75) is 13.1 Å². The van der Waals surface area contributed by atoms with E-state index in [0.29, 0.717) is 6.21 Å². The van der Waals surface area contributed by atoms with E-state index in [9.17, 15) is 27.9 Å². The summed E-state index contributed by atoms with van der Waals surface area (Å²) in [5.74, 6) is -3.88. The summed E-state index contributed by atoms with van der Waals surface area (Å²) in [6.07, 6.45) is -4.63. The number of benzene rings is 2. The lowest BCUT2D eigenvalue weighted by Gasteiger charge is -2.10. The molecule has 28 heavy (non-hydrogen) atoms. The van der Waals surface area contributed by atoms with Gasteiger partial charge in [0.15, 0.2) is 0 Å². The smallest absolute Gasteiger partial charge is 0.455 e. The van der Waals surface area contributed by atoms with E-state index in [2.05, 4.69) is 9.73 Å². The number of ketones is 1. The highest BCUT2D eigenvalue weighted by atomic mass is 19.4. The predicted octanol–water partition coefficient (Wildman–Crippen LogP) is 4.58. The third kappa shape index (κ3) is 4.85. The minimum absolute atomic E-state index is 0.00474. The van der Waals surface area contributed by atoms with Crippen molar-refractivity contribution >= 4 is 29.4 Å². The second kappa shape index (κ2) is 8.51. The molecule has 0 saturated heterocycles. The van der Waals surface area contributed by atoms with Crippen LogP contribution in [-0.2, 0) is 9.53 Å². The number of ether oxygens (including phenoxy) is 1. The lowest BCUT2D eigenvalue weighted by atomic mass is 10.0. The third-order valence-corrected chi connectivity index (χ3v) is 3.72. The van der Waals surface area contributed by atoms with Crippen LogP contribution in [-0.4, -0.2) is 36.4 Å². The minimum atomic E-state index is -5.22. The van der Waals surface area contributed by atoms with Crippen LogP contribution in [0.15, 0.2) is 59.1 Å². The maximum atomic E-state index is 13.0. The minimum Gasteiger partial charge on any atom is -0.506 e. The highest BCUT2D eigenvalue weighted by Gasteiger charge is 2.41. The van der Waals surface area contributed by atoms with Gasteiger partial charge in [-0.2, -0.15) is 13.2 Å². The van der Waals surface area contributed by atoms with Crippen molar-refractivity contribution in [3.63, 3.8) is 0 Å². The third-order valence-electron chi connectivity index (χ3n) is 3.72. The number of Topliss-reactive ketones (excluding diaryl/α,β-unsaturated/α-hetero) is 1. The summed E-state index contributed by atoms with van der Waals surface area (Å²) in [6, 6.07) is 11.7. The van der Waals surface area contributed by atoms with E-state index in [-0.39, 0.29) is 16.8 Å². The first kappa shape index (κ1) is 20.9. The largest absolute Gasteiger partial charge is 0.506 e. The molecule has 0 fully saturated rings. The molecular weight excluding hydrogens is 375 g/mol. The number of para-hydroxylation sites is 1. The Hall–Kier alpha value is -3.42. The maximum Gasteiger partial charge on any atom is 0.455 e. The molecule has 2 aromatic rings. The Morgan fingerprint density at radius 3 is 2.25 bits per heavy atom. The number of rotatable bonds is 5. The van der Waals surface area contributed by atoms with E-state index < -0.39 is 29.3 Å². The van der Waals surface area contributed by atoms with Gasteiger partial charge >= 0.3 is 12.1 Å². The Kier molecular flexibility index (Phi) is 6.35. The molecule has 5 nitrogen and oxygen atoms in total. The van der Waals surface area contributed by atoms with Crippen LogP contribution in [0.4, 0.5) is 18.9 Å². The van der Waals surface area contributed by atoms with E-state index in [0.717, 1.165) is 12.7 Å². The van der Waals surface area contributed by atoms with Crippen LogP contribution >= 0.6 is 0 Å². The molecule has 0 aliphatic rings. The first-order valence-corrected chi connectivity index (χ1v) is 7.98. The number of aliphatic hydroxyl groups excluding tert-OH is 1. The van der Waals surface area contributed by atoms with Gasteiger partial charge in [-0.25, -0.2) is 4.79 Å². The van der Waals surface area contributed by atoms with Gasteiger partial charge in [0.25, 0.3) is 5.78 Å². The number of allylic oxidation sites excluding steroid dienone is 1. The quantitative estimate of drug-likeness (QED) is 0.350. The summed E-state index contributed by atoms with van der Waals surface area (Å²) >= 11 is 0. The molecule has 2 rings (SSSR count). The number of esters is 1. The van der Waals surface area contributed by atoms with Gasteiger partial charge in [0, 0.05) is 11.8 Å². The second-order valence-electron chi connectivity index (χ2n) is 5.72. The Morgan fingerprint density at radius 2 is 1.68 bits per heavy atom. The average molecular weight is 391 g/mol. The van der Waals surface area contributed by atoms with Gasteiger partial charge in [-0.3, -0.25) is 9.79 Å². The fourth-order valence-corrected chi connectivity index (χ4v) is 2.25. The van der Waals surface area contributed by atoms with E-state index in [1.54, 1.807) is 19.1 Å². The van der Waals surface area contributed by atoms with E-state index in [1.807, 2.05) is 0 Å². The molecule has 0 atom stereocenters. The number of nitrogens with zero attached hydrogens (tertiary/aromatic N) is 1. The van der Waals surface area contributed by atoms with Crippen molar-refractivity contribution in [1.82, 2.24) is 0 Å². The Morgan fingerprint density at radius 1 is 1.07 bits per heavy atom. The lowest BCUT2D eigenvalue weighted by Crippen LogP contribution is -2.26. The van der Waals surface area contributed by atoms with Gasteiger partial charge < -0.3 is 9.84 Å². The molecule has 0 aliphatic carbocycles. The number of halogens is 3. The van der Waals surface area contributed by atoms with Crippen molar-refractivity contribution in [2.24, 2.45) is 4.99 Å². The highest BCUT2D eigenvalue weighted by molar-refractivity contribution is 6.20. The number of aryl methyl sites for hydroxylation is 1. The molecule has 2 aromatic carbocycles. The Labute approximate surface area is 158 Å². The zero-order valence-corrected chi connectivity index (χ0v) is 14.9. The normalized spacial score (nSPS) is 12.6. The molecule has 0 bridgehead atoms. The molecule has 0 unspecified atom stereocenters. The van der Waals surface area contributed by atoms with Crippen molar-refractivity contribution in [1.29, 1.82) is 0 Å². The van der Waals surface area contributed by atoms with Gasteiger partial charge in [0.05, 0.1) is 23.9 Å². The highest BCUT2D eigenvalue weighted by Crippen LogP contribution is 2.26. The zero-order valence-electron chi connectivity index (χ0n) is 14.9. The summed E-state index contributed by atoms with van der Waals surface area (Å²) in [5, 5.41) is 10.3. The maximum absolute atomic E-state index is 13.0. The van der Waals surface area contributed by atoms with Crippen molar-refractivity contribution < 1.29 is 32.6 Å². The Balaban J connectivity index is 2.57. The zero-order chi connectivity index (χ0) is 20.9. The van der Waals surface area contributed by atoms with Crippen LogP contribution in [0.5, 0.6) is 0 Å². The van der Waals surface area contributed by atoms with Crippen LogP contribution in [0, 0.1) is 6.92 Å². The van der Waals surface area contributed by atoms with Crippen molar-refractivity contribution in [3.8, 4) is 0 Å². The van der Waals surface area contributed by atoms with E-state index >= 15 is 0 Å². The number of carbonyl (C=O) groups excluding carboxylic acids is 2. The van der Waals surface area contributed by atoms with Crippen LogP contribution < -0.4 is 0 Å². The summed E-state index contributed by atoms with van der Waals surface area (Å²) in [7, 11) is 1.14. The van der Waals surface area contributed by atoms with Gasteiger partial charge in [-0.15, -0.1) is 0 Å².